The largest absolute Gasteiger partial charge is 0.462 e. The molecule has 0 saturated heterocycles. The van der Waals surface area contributed by atoms with Gasteiger partial charge in [-0.1, -0.05) is 13.0 Å². The van der Waals surface area contributed by atoms with Gasteiger partial charge in [0.25, 0.3) is 11.5 Å². The lowest BCUT2D eigenvalue weighted by Gasteiger charge is -2.07. The van der Waals surface area contributed by atoms with Crippen molar-refractivity contribution in [1.29, 1.82) is 0 Å². The number of amides is 1. The van der Waals surface area contributed by atoms with Crippen molar-refractivity contribution in [3.63, 3.8) is 0 Å². The van der Waals surface area contributed by atoms with Gasteiger partial charge in [0.1, 0.15) is 10.7 Å². The first-order valence-corrected chi connectivity index (χ1v) is 10.4. The number of hydrogen-bond acceptors (Lipinski definition) is 7. The fourth-order valence-corrected chi connectivity index (χ4v) is 4.07. The van der Waals surface area contributed by atoms with E-state index in [-0.39, 0.29) is 11.5 Å². The second-order valence-corrected chi connectivity index (χ2v) is 8.16. The number of aromatic amines is 1. The van der Waals surface area contributed by atoms with Crippen molar-refractivity contribution in [3.8, 4) is 0 Å². The van der Waals surface area contributed by atoms with Crippen LogP contribution in [0.3, 0.4) is 0 Å². The number of nitrogens with zero attached hydrogens (tertiary/aromatic N) is 2. The van der Waals surface area contributed by atoms with Crippen LogP contribution in [0.2, 0.25) is 0 Å². The molecule has 158 valence electrons. The van der Waals surface area contributed by atoms with Gasteiger partial charge in [-0.3, -0.25) is 9.59 Å². The summed E-state index contributed by atoms with van der Waals surface area (Å²) in [7, 11) is 3.77. The number of anilines is 1. The van der Waals surface area contributed by atoms with Crippen LogP contribution in [0, 0.1) is 6.92 Å². The number of carbonyl (C=O) groups is 2. The highest BCUT2D eigenvalue weighted by Gasteiger charge is 2.20. The zero-order valence-corrected chi connectivity index (χ0v) is 18.2. The number of nitrogens with one attached hydrogen (secondary N) is 2. The molecule has 0 aliphatic carbocycles. The smallest absolute Gasteiger partial charge is 0.338 e. The first-order chi connectivity index (χ1) is 14.3. The molecule has 0 unspecified atom stereocenters. The molecule has 2 aromatic heterocycles. The van der Waals surface area contributed by atoms with Crippen molar-refractivity contribution in [1.82, 2.24) is 14.9 Å². The molecule has 1 amide bonds. The summed E-state index contributed by atoms with van der Waals surface area (Å²) in [5.74, 6) is -0.248. The molecule has 0 aliphatic heterocycles. The Morgan fingerprint density at radius 1 is 1.30 bits per heavy atom. The fraction of sp³-hybridized carbons (Fsp3) is 0.333. The number of esters is 1. The highest BCUT2D eigenvalue weighted by molar-refractivity contribution is 7.20. The van der Waals surface area contributed by atoms with Crippen LogP contribution in [0.25, 0.3) is 10.2 Å². The minimum atomic E-state index is -0.435. The number of thiophene rings is 1. The van der Waals surface area contributed by atoms with E-state index in [9.17, 15) is 14.4 Å². The normalized spacial score (nSPS) is 11.1. The Balaban J connectivity index is 1.87. The molecular weight excluding hydrogens is 404 g/mol. The predicted octanol–water partition coefficient (Wildman–Crippen LogP) is 3.17. The molecule has 0 aliphatic rings. The third kappa shape index (κ3) is 4.74. The predicted molar refractivity (Wildman–Crippen MR) is 117 cm³/mol. The molecule has 0 bridgehead atoms. The van der Waals surface area contributed by atoms with Gasteiger partial charge in [0, 0.05) is 5.69 Å². The first kappa shape index (κ1) is 21.7. The Morgan fingerprint density at radius 2 is 2.07 bits per heavy atom. The van der Waals surface area contributed by atoms with Crippen molar-refractivity contribution in [2.45, 2.75) is 26.8 Å². The molecule has 8 nitrogen and oxygen atoms in total. The van der Waals surface area contributed by atoms with E-state index >= 15 is 0 Å². The number of carbonyl (C=O) groups excluding carboxylic acids is 2. The maximum absolute atomic E-state index is 12.9. The Kier molecular flexibility index (Phi) is 6.63. The Morgan fingerprint density at radius 3 is 2.77 bits per heavy atom. The van der Waals surface area contributed by atoms with E-state index in [1.165, 1.54) is 11.3 Å². The van der Waals surface area contributed by atoms with Crippen LogP contribution >= 0.6 is 11.3 Å². The summed E-state index contributed by atoms with van der Waals surface area (Å²) >= 11 is 1.17. The molecule has 0 saturated carbocycles. The zero-order valence-electron chi connectivity index (χ0n) is 17.4. The number of ether oxygens (including phenoxy) is 1. The van der Waals surface area contributed by atoms with Crippen LogP contribution in [-0.4, -0.2) is 47.4 Å². The summed E-state index contributed by atoms with van der Waals surface area (Å²) in [5.41, 5.74) is 1.15. The van der Waals surface area contributed by atoms with Gasteiger partial charge in [-0.05, 0) is 51.2 Å². The molecular formula is C21H24N4O4S. The van der Waals surface area contributed by atoms with E-state index in [1.54, 1.807) is 31.2 Å². The highest BCUT2D eigenvalue weighted by atomic mass is 32.1. The van der Waals surface area contributed by atoms with Gasteiger partial charge < -0.3 is 19.9 Å². The van der Waals surface area contributed by atoms with Crippen molar-refractivity contribution >= 4 is 39.1 Å². The summed E-state index contributed by atoms with van der Waals surface area (Å²) in [6.07, 6.45) is 0.733. The van der Waals surface area contributed by atoms with Gasteiger partial charge in [0.05, 0.1) is 29.0 Å². The number of fused-ring (bicyclic) bond motifs is 1. The molecule has 3 aromatic rings. The Hall–Kier alpha value is -3.04. The van der Waals surface area contributed by atoms with E-state index in [1.807, 2.05) is 25.9 Å². The van der Waals surface area contributed by atoms with Crippen molar-refractivity contribution in [2.24, 2.45) is 0 Å². The van der Waals surface area contributed by atoms with Crippen LogP contribution in [0.15, 0.2) is 29.1 Å². The van der Waals surface area contributed by atoms with Crippen LogP contribution in [0.5, 0.6) is 0 Å². The van der Waals surface area contributed by atoms with Crippen molar-refractivity contribution < 1.29 is 14.3 Å². The Labute approximate surface area is 177 Å². The second kappa shape index (κ2) is 9.19. The van der Waals surface area contributed by atoms with Crippen LogP contribution in [0.4, 0.5) is 5.69 Å². The number of aromatic nitrogens is 2. The molecule has 0 spiro atoms. The molecule has 3 rings (SSSR count). The third-order valence-corrected chi connectivity index (χ3v) is 5.50. The van der Waals surface area contributed by atoms with Crippen molar-refractivity contribution in [3.05, 3.63) is 56.4 Å². The lowest BCUT2D eigenvalue weighted by molar-refractivity contribution is 0.0505. The average Bonchev–Trinajstić information content (AvgIpc) is 3.02. The van der Waals surface area contributed by atoms with E-state index in [4.69, 9.17) is 4.74 Å². The molecule has 0 atom stereocenters. The fourth-order valence-electron chi connectivity index (χ4n) is 2.97. The average molecular weight is 429 g/mol. The number of benzene rings is 1. The summed E-state index contributed by atoms with van der Waals surface area (Å²) in [5, 5.41) is 3.21. The van der Waals surface area contributed by atoms with Gasteiger partial charge in [-0.2, -0.15) is 0 Å². The summed E-state index contributed by atoms with van der Waals surface area (Å²) < 4.78 is 5.13. The lowest BCUT2D eigenvalue weighted by atomic mass is 10.2. The van der Waals surface area contributed by atoms with Gasteiger partial charge >= 0.3 is 5.97 Å². The van der Waals surface area contributed by atoms with E-state index < -0.39 is 5.97 Å². The molecule has 0 fully saturated rings. The SMILES string of the molecule is CCCOC(=O)c1cccc(NC(=O)c2sc3nc(CN(C)C)[nH]c(=O)c3c2C)c1. The monoisotopic (exact) mass is 428 g/mol. The number of H-pyrrole nitrogens is 1. The third-order valence-electron chi connectivity index (χ3n) is 4.32. The molecule has 1 aromatic carbocycles. The van der Waals surface area contributed by atoms with Gasteiger partial charge in [-0.15, -0.1) is 11.3 Å². The second-order valence-electron chi connectivity index (χ2n) is 7.16. The number of rotatable bonds is 7. The van der Waals surface area contributed by atoms with Crippen LogP contribution in [0.1, 0.15) is 44.8 Å². The summed E-state index contributed by atoms with van der Waals surface area (Å²) in [4.78, 5) is 47.5. The standard InChI is InChI=1S/C21H24N4O4S/c1-5-9-29-21(28)13-7-6-8-14(10-13)22-19(27)17-12(2)16-18(26)23-15(11-25(3)4)24-20(16)30-17/h6-8,10H,5,9,11H2,1-4H3,(H,22,27)(H,23,24,26). The maximum atomic E-state index is 12.9. The van der Waals surface area contributed by atoms with Crippen LogP contribution < -0.4 is 10.9 Å². The van der Waals surface area contributed by atoms with E-state index in [2.05, 4.69) is 15.3 Å². The lowest BCUT2D eigenvalue weighted by Crippen LogP contribution is -2.18. The highest BCUT2D eigenvalue weighted by Crippen LogP contribution is 2.28. The molecule has 2 heterocycles. The Bertz CT molecular complexity index is 1150. The van der Waals surface area contributed by atoms with Gasteiger partial charge in [0.2, 0.25) is 0 Å². The molecule has 2 N–H and O–H groups in total. The minimum absolute atomic E-state index is 0.259. The van der Waals surface area contributed by atoms with E-state index in [0.29, 0.717) is 50.9 Å². The summed E-state index contributed by atoms with van der Waals surface area (Å²) in [6.45, 7) is 4.48. The number of aryl methyl sites for hydroxylation is 1. The quantitative estimate of drug-likeness (QED) is 0.560. The van der Waals surface area contributed by atoms with Crippen molar-refractivity contribution in [2.75, 3.05) is 26.0 Å². The zero-order chi connectivity index (χ0) is 21.8. The van der Waals surface area contributed by atoms with Gasteiger partial charge in [0.15, 0.2) is 0 Å². The van der Waals surface area contributed by atoms with Gasteiger partial charge in [-0.25, -0.2) is 9.78 Å². The number of hydrogen-bond donors (Lipinski definition) is 2. The first-order valence-electron chi connectivity index (χ1n) is 9.55. The maximum Gasteiger partial charge on any atom is 0.338 e. The molecule has 0 radical (unpaired) electrons. The minimum Gasteiger partial charge on any atom is -0.462 e. The molecule has 9 heteroatoms. The van der Waals surface area contributed by atoms with Crippen LogP contribution in [-0.2, 0) is 11.3 Å². The molecule has 30 heavy (non-hydrogen) atoms. The topological polar surface area (TPSA) is 104 Å². The summed E-state index contributed by atoms with van der Waals surface area (Å²) in [6, 6.07) is 6.57. The van der Waals surface area contributed by atoms with E-state index in [0.717, 1.165) is 6.42 Å².